The zero-order valence-corrected chi connectivity index (χ0v) is 18.0. The second kappa shape index (κ2) is 9.80. The number of rotatable bonds is 5. The summed E-state index contributed by atoms with van der Waals surface area (Å²) in [5.74, 6) is 0.0556. The number of amides is 1. The normalized spacial score (nSPS) is 20.4. The van der Waals surface area contributed by atoms with Gasteiger partial charge in [0, 0.05) is 62.4 Å². The number of carbonyl (C=O) groups excluding carboxylic acids is 1. The molecular formula is C24H29ClFN3O. The van der Waals surface area contributed by atoms with Crippen LogP contribution in [0.25, 0.3) is 0 Å². The van der Waals surface area contributed by atoms with Crippen LogP contribution in [0.5, 0.6) is 0 Å². The lowest BCUT2D eigenvalue weighted by molar-refractivity contribution is -0.133. The highest BCUT2D eigenvalue weighted by molar-refractivity contribution is 6.30. The van der Waals surface area contributed by atoms with Gasteiger partial charge in [-0.2, -0.15) is 0 Å². The molecule has 2 saturated heterocycles. The Hall–Kier alpha value is -2.11. The number of piperidine rings is 1. The lowest BCUT2D eigenvalue weighted by Crippen LogP contribution is -2.55. The molecule has 2 aliphatic heterocycles. The molecule has 160 valence electrons. The summed E-state index contributed by atoms with van der Waals surface area (Å²) in [4.78, 5) is 19.7. The summed E-state index contributed by atoms with van der Waals surface area (Å²) in [7, 11) is 0. The first-order valence-electron chi connectivity index (χ1n) is 10.9. The predicted molar refractivity (Wildman–Crippen MR) is 120 cm³/mol. The summed E-state index contributed by atoms with van der Waals surface area (Å²) in [6, 6.07) is 14.9. The molecule has 0 aliphatic carbocycles. The van der Waals surface area contributed by atoms with Crippen LogP contribution in [0, 0.1) is 5.82 Å². The third-order valence-corrected chi connectivity index (χ3v) is 6.56. The molecule has 0 spiro atoms. The van der Waals surface area contributed by atoms with E-state index in [2.05, 4.69) is 14.7 Å². The van der Waals surface area contributed by atoms with Crippen molar-refractivity contribution in [2.45, 2.75) is 31.7 Å². The molecular weight excluding hydrogens is 401 g/mol. The topological polar surface area (TPSA) is 26.8 Å². The van der Waals surface area contributed by atoms with Crippen molar-refractivity contribution >= 4 is 23.2 Å². The van der Waals surface area contributed by atoms with E-state index < -0.39 is 0 Å². The molecule has 0 radical (unpaired) electrons. The minimum atomic E-state index is -0.194. The molecule has 2 aromatic rings. The molecule has 4 nitrogen and oxygen atoms in total. The number of benzene rings is 2. The highest BCUT2D eigenvalue weighted by Gasteiger charge is 2.29. The van der Waals surface area contributed by atoms with Crippen LogP contribution in [0.15, 0.2) is 48.5 Å². The molecule has 30 heavy (non-hydrogen) atoms. The molecule has 0 bridgehead atoms. The summed E-state index contributed by atoms with van der Waals surface area (Å²) >= 11 is 5.94. The lowest BCUT2D eigenvalue weighted by Gasteiger charge is -2.44. The van der Waals surface area contributed by atoms with Gasteiger partial charge in [-0.3, -0.25) is 9.69 Å². The molecule has 0 aromatic heterocycles. The molecule has 0 unspecified atom stereocenters. The Labute approximate surface area is 183 Å². The number of nitrogens with zero attached hydrogens (tertiary/aromatic N) is 3. The van der Waals surface area contributed by atoms with Crippen molar-refractivity contribution in [3.05, 3.63) is 64.9 Å². The van der Waals surface area contributed by atoms with Gasteiger partial charge in [0.15, 0.2) is 0 Å². The van der Waals surface area contributed by atoms with Gasteiger partial charge in [-0.25, -0.2) is 4.39 Å². The van der Waals surface area contributed by atoms with Gasteiger partial charge in [-0.05, 0) is 61.2 Å². The van der Waals surface area contributed by atoms with Crippen LogP contribution in [-0.4, -0.2) is 61.0 Å². The first kappa shape index (κ1) is 21.1. The van der Waals surface area contributed by atoms with Gasteiger partial charge in [0.2, 0.25) is 5.91 Å². The third kappa shape index (κ3) is 5.32. The first-order valence-corrected chi connectivity index (χ1v) is 11.2. The maximum atomic E-state index is 13.2. The van der Waals surface area contributed by atoms with E-state index in [4.69, 9.17) is 11.6 Å². The van der Waals surface area contributed by atoms with Crippen molar-refractivity contribution in [1.82, 2.24) is 9.80 Å². The fraction of sp³-hybridized carbons (Fsp3) is 0.458. The van der Waals surface area contributed by atoms with E-state index in [1.54, 1.807) is 0 Å². The first-order chi connectivity index (χ1) is 14.6. The third-order valence-electron chi connectivity index (χ3n) is 6.31. The second-order valence-electron chi connectivity index (χ2n) is 8.26. The standard InChI is InChI=1S/C24H29ClFN3O/c25-20-6-3-19(4-7-20)5-12-24(30)29-13-1-2-23(18-29)28-16-14-27(15-17-28)22-10-8-21(26)9-11-22/h3-4,6-11,23H,1-2,5,12-18H2/t23-/m0/s1. The monoisotopic (exact) mass is 429 g/mol. The predicted octanol–water partition coefficient (Wildman–Crippen LogP) is 4.22. The van der Waals surface area contributed by atoms with E-state index >= 15 is 0 Å². The molecule has 2 heterocycles. The highest BCUT2D eigenvalue weighted by Crippen LogP contribution is 2.22. The van der Waals surface area contributed by atoms with Crippen LogP contribution in [0.4, 0.5) is 10.1 Å². The summed E-state index contributed by atoms with van der Waals surface area (Å²) in [5.41, 5.74) is 2.23. The van der Waals surface area contributed by atoms with Crippen LogP contribution < -0.4 is 4.90 Å². The summed E-state index contributed by atoms with van der Waals surface area (Å²) in [6.45, 7) is 5.53. The average molecular weight is 430 g/mol. The van der Waals surface area contributed by atoms with E-state index in [9.17, 15) is 9.18 Å². The molecule has 2 fully saturated rings. The second-order valence-corrected chi connectivity index (χ2v) is 8.70. The van der Waals surface area contributed by atoms with Crippen LogP contribution in [0.1, 0.15) is 24.8 Å². The van der Waals surface area contributed by atoms with Crippen molar-refractivity contribution in [3.8, 4) is 0 Å². The van der Waals surface area contributed by atoms with Gasteiger partial charge in [0.1, 0.15) is 5.82 Å². The SMILES string of the molecule is O=C(CCc1ccc(Cl)cc1)N1CCC[C@H](N2CCN(c3ccc(F)cc3)CC2)C1. The number of piperazine rings is 1. The molecule has 0 N–H and O–H groups in total. The number of hydrogen-bond acceptors (Lipinski definition) is 3. The molecule has 4 rings (SSSR count). The van der Waals surface area contributed by atoms with E-state index in [1.807, 2.05) is 36.4 Å². The summed E-state index contributed by atoms with van der Waals surface area (Å²) < 4.78 is 13.2. The number of anilines is 1. The Morgan fingerprint density at radius 3 is 2.37 bits per heavy atom. The molecule has 1 amide bonds. The molecule has 1 atom stereocenters. The molecule has 2 aliphatic rings. The van der Waals surface area contributed by atoms with Gasteiger partial charge in [0.25, 0.3) is 0 Å². The van der Waals surface area contributed by atoms with E-state index in [0.717, 1.165) is 74.8 Å². The van der Waals surface area contributed by atoms with E-state index in [0.29, 0.717) is 12.5 Å². The Bertz CT molecular complexity index is 835. The zero-order chi connectivity index (χ0) is 20.9. The van der Waals surface area contributed by atoms with Crippen LogP contribution in [0.2, 0.25) is 5.02 Å². The van der Waals surface area contributed by atoms with Crippen molar-refractivity contribution in [1.29, 1.82) is 0 Å². The Balaban J connectivity index is 1.26. The lowest BCUT2D eigenvalue weighted by atomic mass is 10.0. The number of hydrogen-bond donors (Lipinski definition) is 0. The number of carbonyl (C=O) groups is 1. The van der Waals surface area contributed by atoms with E-state index in [-0.39, 0.29) is 11.7 Å². The fourth-order valence-corrected chi connectivity index (χ4v) is 4.66. The summed E-state index contributed by atoms with van der Waals surface area (Å²) in [5, 5.41) is 0.725. The number of likely N-dealkylation sites (tertiary alicyclic amines) is 1. The van der Waals surface area contributed by atoms with Crippen LogP contribution in [0.3, 0.4) is 0 Å². The zero-order valence-electron chi connectivity index (χ0n) is 17.3. The maximum absolute atomic E-state index is 13.2. The van der Waals surface area contributed by atoms with Gasteiger partial charge < -0.3 is 9.80 Å². The molecule has 2 aromatic carbocycles. The van der Waals surface area contributed by atoms with Gasteiger partial charge >= 0.3 is 0 Å². The van der Waals surface area contributed by atoms with Crippen LogP contribution >= 0.6 is 11.6 Å². The molecule has 6 heteroatoms. The smallest absolute Gasteiger partial charge is 0.222 e. The largest absolute Gasteiger partial charge is 0.369 e. The molecule has 0 saturated carbocycles. The van der Waals surface area contributed by atoms with E-state index in [1.165, 1.54) is 12.1 Å². The van der Waals surface area contributed by atoms with Crippen molar-refractivity contribution in [2.75, 3.05) is 44.2 Å². The van der Waals surface area contributed by atoms with Gasteiger partial charge in [-0.15, -0.1) is 0 Å². The average Bonchev–Trinajstić information content (AvgIpc) is 2.79. The van der Waals surface area contributed by atoms with Gasteiger partial charge in [-0.1, -0.05) is 23.7 Å². The Kier molecular flexibility index (Phi) is 6.90. The quantitative estimate of drug-likeness (QED) is 0.711. The Morgan fingerprint density at radius 1 is 0.967 bits per heavy atom. The minimum Gasteiger partial charge on any atom is -0.369 e. The minimum absolute atomic E-state index is 0.194. The summed E-state index contributed by atoms with van der Waals surface area (Å²) in [6.07, 6.45) is 3.52. The van der Waals surface area contributed by atoms with Crippen molar-refractivity contribution < 1.29 is 9.18 Å². The van der Waals surface area contributed by atoms with Crippen molar-refractivity contribution in [2.24, 2.45) is 0 Å². The van der Waals surface area contributed by atoms with Crippen molar-refractivity contribution in [3.63, 3.8) is 0 Å². The highest BCUT2D eigenvalue weighted by atomic mass is 35.5. The number of halogens is 2. The van der Waals surface area contributed by atoms with Gasteiger partial charge in [0.05, 0.1) is 0 Å². The maximum Gasteiger partial charge on any atom is 0.222 e. The Morgan fingerprint density at radius 2 is 1.67 bits per heavy atom. The van der Waals surface area contributed by atoms with Crippen LogP contribution in [-0.2, 0) is 11.2 Å². The number of aryl methyl sites for hydroxylation is 1. The fourth-order valence-electron chi connectivity index (χ4n) is 4.54.